The molecule has 0 aliphatic heterocycles. The summed E-state index contributed by atoms with van der Waals surface area (Å²) in [6, 6.07) is 5.26. The van der Waals surface area contributed by atoms with E-state index in [2.05, 4.69) is 20.8 Å². The van der Waals surface area contributed by atoms with Crippen LogP contribution < -0.4 is 0 Å². The average molecular weight is 352 g/mol. The molecule has 2 rings (SSSR count). The number of hydrogen-bond donors (Lipinski definition) is 2. The summed E-state index contributed by atoms with van der Waals surface area (Å²) in [5.74, 6) is -0.991. The van der Waals surface area contributed by atoms with Crippen LogP contribution in [0, 0.1) is 0 Å². The summed E-state index contributed by atoms with van der Waals surface area (Å²) in [5.41, 5.74) is 1.19. The Kier molecular flexibility index (Phi) is 5.42. The lowest BCUT2D eigenvalue weighted by atomic mass is 9.77. The molecule has 0 spiro atoms. The Morgan fingerprint density at radius 1 is 1.20 bits per heavy atom. The van der Waals surface area contributed by atoms with E-state index in [9.17, 15) is 10.2 Å². The second-order valence-corrected chi connectivity index (χ2v) is 7.94. The molecule has 0 radical (unpaired) electrons. The van der Waals surface area contributed by atoms with Gasteiger partial charge in [0, 0.05) is 5.48 Å². The maximum absolute atomic E-state index is 10.7. The third-order valence-corrected chi connectivity index (χ3v) is 5.38. The van der Waals surface area contributed by atoms with Crippen molar-refractivity contribution in [1.82, 2.24) is 0 Å². The van der Waals surface area contributed by atoms with Crippen LogP contribution in [0.5, 0.6) is 5.75 Å². The molecule has 25 heavy (non-hydrogen) atoms. The van der Waals surface area contributed by atoms with Crippen molar-refractivity contribution in [3.63, 3.8) is 0 Å². The number of unbranched alkanes of at least 4 members (excludes halogenated alkanes) is 5. The van der Waals surface area contributed by atoms with Crippen molar-refractivity contribution in [2.45, 2.75) is 109 Å². The molecule has 2 heteroatoms. The summed E-state index contributed by atoms with van der Waals surface area (Å²) in [4.78, 5) is 0. The first-order valence-electron chi connectivity index (χ1n) is 12.3. The van der Waals surface area contributed by atoms with Crippen molar-refractivity contribution in [2.24, 2.45) is 0 Å². The zero-order valence-corrected chi connectivity index (χ0v) is 16.1. The minimum atomic E-state index is -2.88. The number of phenolic OH excluding ortho intramolecular Hbond substituents is 1. The van der Waals surface area contributed by atoms with Gasteiger partial charge in [0.15, 0.2) is 0 Å². The van der Waals surface area contributed by atoms with Gasteiger partial charge < -0.3 is 10.2 Å². The molecule has 0 amide bonds. The van der Waals surface area contributed by atoms with E-state index in [-0.39, 0.29) is 24.0 Å². The summed E-state index contributed by atoms with van der Waals surface area (Å²) < 4.78 is 40.3. The predicted octanol–water partition coefficient (Wildman–Crippen LogP) is 6.44. The van der Waals surface area contributed by atoms with Crippen LogP contribution in [-0.4, -0.2) is 16.3 Å². The molecule has 1 fully saturated rings. The second kappa shape index (κ2) is 9.62. The summed E-state index contributed by atoms with van der Waals surface area (Å²) in [6.45, 7) is 6.49. The maximum atomic E-state index is 10.7. The molecule has 0 heterocycles. The standard InChI is InChI=1S/C23H38O2/c1-4-5-6-7-8-9-15-23(2,3)19-13-14-21(22(25)17-19)18-11-10-12-20(24)16-18/h13-14,17-18,20,24-25H,4-12,15-16H2,1-3H3/t18-,20+/m0/s1/i12D2,16D2,20D. The number of aromatic hydroxyl groups is 1. The van der Waals surface area contributed by atoms with Crippen molar-refractivity contribution in [1.29, 1.82) is 0 Å². The van der Waals surface area contributed by atoms with Gasteiger partial charge in [-0.2, -0.15) is 0 Å². The lowest BCUT2D eigenvalue weighted by Crippen LogP contribution is -2.19. The molecule has 1 saturated carbocycles. The average Bonchev–Trinajstić information content (AvgIpc) is 2.64. The zero-order chi connectivity index (χ0) is 22.8. The van der Waals surface area contributed by atoms with Crippen LogP contribution >= 0.6 is 0 Å². The van der Waals surface area contributed by atoms with Crippen molar-refractivity contribution in [3.8, 4) is 5.75 Å². The van der Waals surface area contributed by atoms with Gasteiger partial charge in [0.1, 0.15) is 5.75 Å². The summed E-state index contributed by atoms with van der Waals surface area (Å²) >= 11 is 0. The molecule has 2 atom stereocenters. The predicted molar refractivity (Wildman–Crippen MR) is 106 cm³/mol. The molecule has 1 aliphatic carbocycles. The summed E-state index contributed by atoms with van der Waals surface area (Å²) in [6.07, 6.45) is 0.566. The second-order valence-electron chi connectivity index (χ2n) is 7.94. The lowest BCUT2D eigenvalue weighted by molar-refractivity contribution is 0.119. The lowest BCUT2D eigenvalue weighted by Gasteiger charge is -2.29. The molecule has 2 N–H and O–H groups in total. The molecule has 0 unspecified atom stereocenters. The van der Waals surface area contributed by atoms with Gasteiger partial charge in [-0.1, -0.05) is 77.8 Å². The van der Waals surface area contributed by atoms with E-state index in [1.165, 1.54) is 32.1 Å². The minimum absolute atomic E-state index is 0.0457. The number of phenols is 1. The normalized spacial score (nSPS) is 31.4. The monoisotopic (exact) mass is 351 g/mol. The van der Waals surface area contributed by atoms with Gasteiger partial charge in [-0.15, -0.1) is 0 Å². The molecular weight excluding hydrogens is 308 g/mol. The van der Waals surface area contributed by atoms with E-state index >= 15 is 0 Å². The molecule has 1 aromatic rings. The minimum Gasteiger partial charge on any atom is -0.508 e. The Morgan fingerprint density at radius 2 is 1.92 bits per heavy atom. The fourth-order valence-electron chi connectivity index (χ4n) is 3.61. The van der Waals surface area contributed by atoms with Crippen LogP contribution in [0.15, 0.2) is 18.2 Å². The summed E-state index contributed by atoms with van der Waals surface area (Å²) in [7, 11) is 0. The van der Waals surface area contributed by atoms with E-state index < -0.39 is 24.7 Å². The maximum Gasteiger partial charge on any atom is 0.119 e. The van der Waals surface area contributed by atoms with Crippen LogP contribution in [0.2, 0.25) is 0 Å². The fraction of sp³-hybridized carbons (Fsp3) is 0.739. The number of aliphatic hydroxyl groups is 1. The third kappa shape index (κ3) is 6.02. The van der Waals surface area contributed by atoms with Gasteiger partial charge in [0.05, 0.1) is 7.45 Å². The number of rotatable bonds is 9. The Labute approximate surface area is 161 Å². The van der Waals surface area contributed by atoms with E-state index in [1.807, 2.05) is 6.07 Å². The Hall–Kier alpha value is -1.02. The Balaban J connectivity index is 2.15. The molecule has 1 aliphatic rings. The van der Waals surface area contributed by atoms with Gasteiger partial charge in [-0.05, 0) is 54.1 Å². The van der Waals surface area contributed by atoms with E-state index in [0.29, 0.717) is 5.56 Å². The largest absolute Gasteiger partial charge is 0.508 e. The van der Waals surface area contributed by atoms with Crippen LogP contribution in [0.3, 0.4) is 0 Å². The highest BCUT2D eigenvalue weighted by Crippen LogP contribution is 2.40. The van der Waals surface area contributed by atoms with Gasteiger partial charge in [0.2, 0.25) is 0 Å². The van der Waals surface area contributed by atoms with Gasteiger partial charge in [-0.25, -0.2) is 0 Å². The molecule has 2 nitrogen and oxygen atoms in total. The first-order valence-corrected chi connectivity index (χ1v) is 9.84. The van der Waals surface area contributed by atoms with E-state index in [4.69, 9.17) is 6.85 Å². The van der Waals surface area contributed by atoms with Crippen LogP contribution in [0.4, 0.5) is 0 Å². The number of benzene rings is 1. The molecule has 0 saturated heterocycles. The van der Waals surface area contributed by atoms with Crippen molar-refractivity contribution >= 4 is 0 Å². The van der Waals surface area contributed by atoms with Crippen molar-refractivity contribution in [3.05, 3.63) is 29.3 Å². The van der Waals surface area contributed by atoms with Crippen LogP contribution in [0.25, 0.3) is 0 Å². The zero-order valence-electron chi connectivity index (χ0n) is 21.1. The molecule has 142 valence electrons. The highest BCUT2D eigenvalue weighted by Gasteiger charge is 2.26. The molecular formula is C23H38O2. The first kappa shape index (κ1) is 14.1. The fourth-order valence-corrected chi connectivity index (χ4v) is 3.61. The smallest absolute Gasteiger partial charge is 0.119 e. The van der Waals surface area contributed by atoms with Gasteiger partial charge in [-0.3, -0.25) is 0 Å². The van der Waals surface area contributed by atoms with Crippen molar-refractivity contribution < 1.29 is 17.1 Å². The molecule has 0 bridgehead atoms. The number of hydrogen-bond acceptors (Lipinski definition) is 2. The third-order valence-electron chi connectivity index (χ3n) is 5.38. The molecule has 1 aromatic carbocycles. The Morgan fingerprint density at radius 3 is 2.64 bits per heavy atom. The van der Waals surface area contributed by atoms with Gasteiger partial charge >= 0.3 is 0 Å². The quantitative estimate of drug-likeness (QED) is 0.503. The van der Waals surface area contributed by atoms with E-state index in [0.717, 1.165) is 18.4 Å². The SMILES string of the molecule is [2H]C1([2H])CC[C@H](c2ccc(C(C)(C)CCCCCCCC)cc2O)C([2H])([2H])[C@]1([2H])O. The topological polar surface area (TPSA) is 40.5 Å². The van der Waals surface area contributed by atoms with Gasteiger partial charge in [0.25, 0.3) is 0 Å². The highest BCUT2D eigenvalue weighted by atomic mass is 16.3. The summed E-state index contributed by atoms with van der Waals surface area (Å²) in [5, 5.41) is 21.1. The van der Waals surface area contributed by atoms with Crippen LogP contribution in [-0.2, 0) is 5.41 Å². The van der Waals surface area contributed by atoms with Crippen molar-refractivity contribution in [2.75, 3.05) is 0 Å². The van der Waals surface area contributed by atoms with Crippen LogP contribution in [0.1, 0.15) is 115 Å². The Bertz CT molecular complexity index is 716. The first-order chi connectivity index (χ1) is 13.8. The highest BCUT2D eigenvalue weighted by molar-refractivity contribution is 5.41. The molecule has 0 aromatic heterocycles. The van der Waals surface area contributed by atoms with E-state index in [1.54, 1.807) is 12.1 Å².